The van der Waals surface area contributed by atoms with E-state index < -0.39 is 0 Å². The molecule has 1 rings (SSSR count). The van der Waals surface area contributed by atoms with E-state index in [2.05, 4.69) is 25.7 Å². The molecule has 0 heterocycles. The zero-order chi connectivity index (χ0) is 17.4. The van der Waals surface area contributed by atoms with Crippen LogP contribution in [0.1, 0.15) is 44.0 Å². The summed E-state index contributed by atoms with van der Waals surface area (Å²) in [6, 6.07) is 5.21. The number of unbranched alkanes of at least 4 members (excludes halogenated alkanes) is 1. The molecule has 0 bridgehead atoms. The number of carbonyl (C=O) groups excluding carboxylic acids is 1. The van der Waals surface area contributed by atoms with Gasteiger partial charge in [-0.3, -0.25) is 0 Å². The van der Waals surface area contributed by atoms with Crippen LogP contribution in [0.5, 0.6) is 5.75 Å². The Kier molecular flexibility index (Phi) is 7.89. The third-order valence-electron chi connectivity index (χ3n) is 3.80. The lowest BCUT2D eigenvalue weighted by molar-refractivity contribution is 0.0346. The molecule has 0 fully saturated rings. The summed E-state index contributed by atoms with van der Waals surface area (Å²) in [5.41, 5.74) is 6.79. The fraction of sp³-hybridized carbons (Fsp3) is 0.611. The van der Waals surface area contributed by atoms with Gasteiger partial charge in [-0.2, -0.15) is 0 Å². The molecule has 130 valence electrons. The van der Waals surface area contributed by atoms with E-state index in [1.165, 1.54) is 0 Å². The van der Waals surface area contributed by atoms with E-state index >= 15 is 0 Å². The van der Waals surface area contributed by atoms with Gasteiger partial charge in [0.15, 0.2) is 0 Å². The Balaban J connectivity index is 2.78. The van der Waals surface area contributed by atoms with Crippen molar-refractivity contribution < 1.29 is 14.3 Å². The summed E-state index contributed by atoms with van der Waals surface area (Å²) in [5.74, 6) is 0.517. The summed E-state index contributed by atoms with van der Waals surface area (Å²) < 4.78 is 11.2. The van der Waals surface area contributed by atoms with Crippen LogP contribution in [-0.4, -0.2) is 44.2 Å². The average Bonchev–Trinajstić information content (AvgIpc) is 2.47. The molecule has 0 aromatic heterocycles. The fourth-order valence-electron chi connectivity index (χ4n) is 2.33. The van der Waals surface area contributed by atoms with Gasteiger partial charge < -0.3 is 20.1 Å². The molecule has 1 atom stereocenters. The Morgan fingerprint density at radius 1 is 1.30 bits per heavy atom. The van der Waals surface area contributed by atoms with Crippen molar-refractivity contribution in [3.8, 4) is 5.75 Å². The van der Waals surface area contributed by atoms with Crippen molar-refractivity contribution in [1.82, 2.24) is 4.90 Å². The second-order valence-corrected chi connectivity index (χ2v) is 6.33. The summed E-state index contributed by atoms with van der Waals surface area (Å²) >= 11 is 0. The van der Waals surface area contributed by atoms with Crippen LogP contribution in [0.25, 0.3) is 0 Å². The number of nitrogens with two attached hydrogens (primary N) is 1. The molecule has 23 heavy (non-hydrogen) atoms. The summed E-state index contributed by atoms with van der Waals surface area (Å²) in [6.07, 6.45) is 1.96. The molecule has 0 saturated carbocycles. The van der Waals surface area contributed by atoms with Gasteiger partial charge in [0, 0.05) is 17.8 Å². The Bertz CT molecular complexity index is 493. The second-order valence-electron chi connectivity index (χ2n) is 6.33. The van der Waals surface area contributed by atoms with Gasteiger partial charge in [-0.15, -0.1) is 0 Å². The third-order valence-corrected chi connectivity index (χ3v) is 3.80. The molecule has 2 N–H and O–H groups in total. The van der Waals surface area contributed by atoms with Crippen LogP contribution in [0.2, 0.25) is 0 Å². The van der Waals surface area contributed by atoms with E-state index in [1.807, 2.05) is 14.1 Å². The van der Waals surface area contributed by atoms with Gasteiger partial charge in [0.1, 0.15) is 17.9 Å². The number of rotatable bonds is 9. The minimum Gasteiger partial charge on any atom is -0.493 e. The number of hydrogen-bond acceptors (Lipinski definition) is 5. The van der Waals surface area contributed by atoms with Gasteiger partial charge in [0.2, 0.25) is 0 Å². The fourth-order valence-corrected chi connectivity index (χ4v) is 2.33. The molecule has 0 radical (unpaired) electrons. The first-order chi connectivity index (χ1) is 10.9. The summed E-state index contributed by atoms with van der Waals surface area (Å²) in [6.45, 7) is 7.22. The molecule has 0 amide bonds. The lowest BCUT2D eigenvalue weighted by Crippen LogP contribution is -2.37. The van der Waals surface area contributed by atoms with Gasteiger partial charge >= 0.3 is 5.97 Å². The first kappa shape index (κ1) is 19.3. The highest BCUT2D eigenvalue weighted by Gasteiger charge is 2.20. The Morgan fingerprint density at radius 3 is 2.57 bits per heavy atom. The number of carbonyl (C=O) groups is 1. The molecule has 1 aromatic rings. The number of hydrogen-bond donors (Lipinski definition) is 1. The lowest BCUT2D eigenvalue weighted by atomic mass is 10.0. The van der Waals surface area contributed by atoms with Crippen molar-refractivity contribution in [3.05, 3.63) is 23.8 Å². The molecule has 0 aliphatic heterocycles. The van der Waals surface area contributed by atoms with Crippen molar-refractivity contribution in [2.24, 2.45) is 5.92 Å². The molecule has 0 aliphatic rings. The number of likely N-dealkylation sites (N-methyl/N-ethyl adjacent to an activating group) is 1. The average molecular weight is 322 g/mol. The van der Waals surface area contributed by atoms with E-state index in [-0.39, 0.29) is 12.0 Å². The molecule has 0 saturated heterocycles. The maximum atomic E-state index is 12.4. The molecular formula is C18H30N2O3. The molecule has 1 unspecified atom stereocenters. The normalized spacial score (nSPS) is 12.5. The zero-order valence-electron chi connectivity index (χ0n) is 15.0. The van der Waals surface area contributed by atoms with Crippen LogP contribution in [0.4, 0.5) is 5.69 Å². The molecular weight excluding hydrogens is 292 g/mol. The van der Waals surface area contributed by atoms with Crippen molar-refractivity contribution in [2.45, 2.75) is 39.7 Å². The maximum absolute atomic E-state index is 12.4. The van der Waals surface area contributed by atoms with Crippen LogP contribution >= 0.6 is 0 Å². The van der Waals surface area contributed by atoms with Crippen molar-refractivity contribution in [2.75, 3.05) is 33.0 Å². The highest BCUT2D eigenvalue weighted by atomic mass is 16.5. The van der Waals surface area contributed by atoms with Gasteiger partial charge in [-0.05, 0) is 38.6 Å². The molecule has 0 aliphatic carbocycles. The summed E-state index contributed by atoms with van der Waals surface area (Å²) in [5, 5.41) is 0. The second kappa shape index (κ2) is 9.40. The van der Waals surface area contributed by atoms with Gasteiger partial charge in [-0.25, -0.2) is 4.79 Å². The van der Waals surface area contributed by atoms with E-state index in [0.717, 1.165) is 12.8 Å². The molecule has 5 heteroatoms. The van der Waals surface area contributed by atoms with Crippen molar-refractivity contribution >= 4 is 11.7 Å². The minimum atomic E-state index is -0.371. The predicted molar refractivity (Wildman–Crippen MR) is 93.9 cm³/mol. The van der Waals surface area contributed by atoms with E-state index in [0.29, 0.717) is 36.1 Å². The van der Waals surface area contributed by atoms with E-state index in [1.54, 1.807) is 18.2 Å². The zero-order valence-corrected chi connectivity index (χ0v) is 15.0. The smallest absolute Gasteiger partial charge is 0.341 e. The topological polar surface area (TPSA) is 64.8 Å². The van der Waals surface area contributed by atoms with E-state index in [4.69, 9.17) is 15.2 Å². The van der Waals surface area contributed by atoms with Crippen molar-refractivity contribution in [1.29, 1.82) is 0 Å². The third kappa shape index (κ3) is 6.10. The predicted octanol–water partition coefficient (Wildman–Crippen LogP) is 3.19. The number of nitrogen functional groups attached to an aromatic ring is 1. The van der Waals surface area contributed by atoms with Gasteiger partial charge in [-0.1, -0.05) is 27.2 Å². The number of nitrogens with zero attached hydrogens (tertiary/aromatic N) is 1. The first-order valence-corrected chi connectivity index (χ1v) is 8.22. The number of benzene rings is 1. The standard InChI is InChI=1S/C18H30N2O3/c1-6-7-10-22-17-11-14(19)8-9-15(17)18(21)23-12-16(13(2)3)20(4)5/h8-9,11,13,16H,6-7,10,12,19H2,1-5H3. The Labute approximate surface area is 139 Å². The number of esters is 1. The SMILES string of the molecule is CCCCOc1cc(N)ccc1C(=O)OCC(C(C)C)N(C)C. The lowest BCUT2D eigenvalue weighted by Gasteiger charge is -2.27. The Hall–Kier alpha value is -1.75. The first-order valence-electron chi connectivity index (χ1n) is 8.22. The van der Waals surface area contributed by atoms with Crippen LogP contribution in [0, 0.1) is 5.92 Å². The largest absolute Gasteiger partial charge is 0.493 e. The monoisotopic (exact) mass is 322 g/mol. The summed E-state index contributed by atoms with van der Waals surface area (Å²) in [4.78, 5) is 14.5. The van der Waals surface area contributed by atoms with Gasteiger partial charge in [0.05, 0.1) is 6.61 Å². The molecule has 5 nitrogen and oxygen atoms in total. The van der Waals surface area contributed by atoms with Crippen LogP contribution in [0.15, 0.2) is 18.2 Å². The van der Waals surface area contributed by atoms with Crippen molar-refractivity contribution in [3.63, 3.8) is 0 Å². The highest BCUT2D eigenvalue weighted by Crippen LogP contribution is 2.23. The highest BCUT2D eigenvalue weighted by molar-refractivity contribution is 5.93. The van der Waals surface area contributed by atoms with Gasteiger partial charge in [0.25, 0.3) is 0 Å². The maximum Gasteiger partial charge on any atom is 0.341 e. The van der Waals surface area contributed by atoms with E-state index in [9.17, 15) is 4.79 Å². The number of ether oxygens (including phenoxy) is 2. The van der Waals surface area contributed by atoms with Crippen LogP contribution < -0.4 is 10.5 Å². The Morgan fingerprint density at radius 2 is 2.00 bits per heavy atom. The quantitative estimate of drug-likeness (QED) is 0.430. The van der Waals surface area contributed by atoms with Crippen LogP contribution in [0.3, 0.4) is 0 Å². The number of anilines is 1. The van der Waals surface area contributed by atoms with Crippen LogP contribution in [-0.2, 0) is 4.74 Å². The summed E-state index contributed by atoms with van der Waals surface area (Å²) in [7, 11) is 3.97. The molecule has 0 spiro atoms. The molecule has 1 aromatic carbocycles. The minimum absolute atomic E-state index is 0.178.